The van der Waals surface area contributed by atoms with Gasteiger partial charge in [-0.2, -0.15) is 0 Å². The lowest BCUT2D eigenvalue weighted by Crippen LogP contribution is -2.51. The van der Waals surface area contributed by atoms with Crippen molar-refractivity contribution in [2.24, 2.45) is 0 Å². The van der Waals surface area contributed by atoms with Crippen LogP contribution in [0, 0.1) is 6.92 Å². The fourth-order valence-electron chi connectivity index (χ4n) is 2.81. The van der Waals surface area contributed by atoms with Gasteiger partial charge in [0.05, 0.1) is 10.7 Å². The van der Waals surface area contributed by atoms with Gasteiger partial charge in [0.2, 0.25) is 0 Å². The number of rotatable bonds is 3. The van der Waals surface area contributed by atoms with Gasteiger partial charge in [-0.3, -0.25) is 9.69 Å². The summed E-state index contributed by atoms with van der Waals surface area (Å²) >= 11 is 1.70. The van der Waals surface area contributed by atoms with Crippen molar-refractivity contribution in [3.05, 3.63) is 16.1 Å². The Hall–Kier alpha value is -0.980. The van der Waals surface area contributed by atoms with Gasteiger partial charge < -0.3 is 9.64 Å². The molecule has 3 rings (SSSR count). The molecule has 110 valence electrons. The third-order valence-electron chi connectivity index (χ3n) is 3.94. The standard InChI is InChI=1S/C14H21N3O2S/c1-11-15-12(10-20-11)9-16-4-6-17(7-5-16)14(18)13-3-2-8-19-13/h10,13H,2-9H2,1H3/t13-/m1/s1. The fraction of sp³-hybridized carbons (Fsp3) is 0.714. The number of hydrogen-bond acceptors (Lipinski definition) is 5. The van der Waals surface area contributed by atoms with Gasteiger partial charge in [0, 0.05) is 44.7 Å². The number of carbonyl (C=O) groups is 1. The van der Waals surface area contributed by atoms with E-state index in [1.807, 2.05) is 11.8 Å². The number of ether oxygens (including phenoxy) is 1. The third-order valence-corrected chi connectivity index (χ3v) is 4.76. The zero-order valence-electron chi connectivity index (χ0n) is 11.9. The van der Waals surface area contributed by atoms with E-state index >= 15 is 0 Å². The first-order valence-electron chi connectivity index (χ1n) is 7.26. The van der Waals surface area contributed by atoms with Crippen LogP contribution in [0.4, 0.5) is 0 Å². The second-order valence-corrected chi connectivity index (χ2v) is 6.52. The second kappa shape index (κ2) is 6.20. The van der Waals surface area contributed by atoms with Gasteiger partial charge in [-0.05, 0) is 19.8 Å². The molecule has 1 aromatic heterocycles. The van der Waals surface area contributed by atoms with Gasteiger partial charge >= 0.3 is 0 Å². The van der Waals surface area contributed by atoms with Crippen LogP contribution in [-0.2, 0) is 16.1 Å². The van der Waals surface area contributed by atoms with Crippen LogP contribution in [0.2, 0.25) is 0 Å². The van der Waals surface area contributed by atoms with Crippen LogP contribution in [-0.4, -0.2) is 59.6 Å². The summed E-state index contributed by atoms with van der Waals surface area (Å²) in [6, 6.07) is 0. The summed E-state index contributed by atoms with van der Waals surface area (Å²) in [5.74, 6) is 0.187. The highest BCUT2D eigenvalue weighted by Crippen LogP contribution is 2.17. The monoisotopic (exact) mass is 295 g/mol. The maximum atomic E-state index is 12.2. The van der Waals surface area contributed by atoms with Gasteiger partial charge in [-0.1, -0.05) is 0 Å². The zero-order chi connectivity index (χ0) is 13.9. The first-order valence-corrected chi connectivity index (χ1v) is 8.14. The molecular formula is C14H21N3O2S. The molecule has 2 saturated heterocycles. The van der Waals surface area contributed by atoms with Gasteiger partial charge in [-0.25, -0.2) is 4.98 Å². The molecule has 0 radical (unpaired) electrons. The first-order chi connectivity index (χ1) is 9.72. The number of carbonyl (C=O) groups excluding carboxylic acids is 1. The van der Waals surface area contributed by atoms with E-state index < -0.39 is 0 Å². The third kappa shape index (κ3) is 3.19. The van der Waals surface area contributed by atoms with Crippen LogP contribution in [0.25, 0.3) is 0 Å². The normalized spacial score (nSPS) is 24.2. The molecule has 1 aromatic rings. The van der Waals surface area contributed by atoms with Crippen LogP contribution in [0.1, 0.15) is 23.5 Å². The minimum atomic E-state index is -0.178. The minimum absolute atomic E-state index is 0.178. The SMILES string of the molecule is Cc1nc(CN2CCN(C(=O)[C@H]3CCCO3)CC2)cs1. The Morgan fingerprint density at radius 2 is 2.25 bits per heavy atom. The molecule has 0 bridgehead atoms. The van der Waals surface area contributed by atoms with Gasteiger partial charge in [-0.15, -0.1) is 11.3 Å². The molecule has 0 aliphatic carbocycles. The van der Waals surface area contributed by atoms with Crippen LogP contribution < -0.4 is 0 Å². The molecule has 0 aromatic carbocycles. The van der Waals surface area contributed by atoms with E-state index in [0.717, 1.165) is 62.9 Å². The van der Waals surface area contributed by atoms with Crippen LogP contribution in [0.5, 0.6) is 0 Å². The largest absolute Gasteiger partial charge is 0.368 e. The Morgan fingerprint density at radius 3 is 2.85 bits per heavy atom. The number of nitrogens with zero attached hydrogens (tertiary/aromatic N) is 3. The number of piperazine rings is 1. The fourth-order valence-corrected chi connectivity index (χ4v) is 3.42. The van der Waals surface area contributed by atoms with Crippen molar-refractivity contribution in [1.29, 1.82) is 0 Å². The Bertz CT molecular complexity index is 463. The highest BCUT2D eigenvalue weighted by atomic mass is 32.1. The minimum Gasteiger partial charge on any atom is -0.368 e. The topological polar surface area (TPSA) is 45.7 Å². The van der Waals surface area contributed by atoms with Crippen LogP contribution in [0.3, 0.4) is 0 Å². The van der Waals surface area contributed by atoms with E-state index in [1.165, 1.54) is 0 Å². The van der Waals surface area contributed by atoms with E-state index in [4.69, 9.17) is 4.74 Å². The van der Waals surface area contributed by atoms with E-state index in [2.05, 4.69) is 15.3 Å². The predicted octanol–water partition coefficient (Wildman–Crippen LogP) is 1.27. The van der Waals surface area contributed by atoms with Gasteiger partial charge in [0.15, 0.2) is 0 Å². The van der Waals surface area contributed by atoms with Gasteiger partial charge in [0.1, 0.15) is 6.10 Å². The van der Waals surface area contributed by atoms with Crippen molar-refractivity contribution >= 4 is 17.2 Å². The Labute approximate surface area is 123 Å². The van der Waals surface area contributed by atoms with Crippen molar-refractivity contribution in [3.63, 3.8) is 0 Å². The lowest BCUT2D eigenvalue weighted by Gasteiger charge is -2.35. The zero-order valence-corrected chi connectivity index (χ0v) is 12.7. The van der Waals surface area contributed by atoms with Gasteiger partial charge in [0.25, 0.3) is 5.91 Å². The molecule has 2 aliphatic heterocycles. The molecule has 0 spiro atoms. The summed E-state index contributed by atoms with van der Waals surface area (Å²) in [7, 11) is 0. The Kier molecular flexibility index (Phi) is 4.33. The summed E-state index contributed by atoms with van der Waals surface area (Å²) < 4.78 is 5.48. The maximum Gasteiger partial charge on any atom is 0.251 e. The number of thiazole rings is 1. The van der Waals surface area contributed by atoms with Crippen LogP contribution >= 0.6 is 11.3 Å². The highest BCUT2D eigenvalue weighted by Gasteiger charge is 2.30. The molecule has 0 saturated carbocycles. The van der Waals surface area contributed by atoms with Crippen molar-refractivity contribution in [2.45, 2.75) is 32.4 Å². The van der Waals surface area contributed by atoms with Crippen LogP contribution in [0.15, 0.2) is 5.38 Å². The molecule has 1 atom stereocenters. The van der Waals surface area contributed by atoms with Crippen molar-refractivity contribution < 1.29 is 9.53 Å². The van der Waals surface area contributed by atoms with E-state index in [-0.39, 0.29) is 12.0 Å². The summed E-state index contributed by atoms with van der Waals surface area (Å²) in [5.41, 5.74) is 1.14. The molecule has 5 nitrogen and oxygen atoms in total. The smallest absolute Gasteiger partial charge is 0.251 e. The lowest BCUT2D eigenvalue weighted by molar-refractivity contribution is -0.142. The van der Waals surface area contributed by atoms with E-state index in [1.54, 1.807) is 11.3 Å². The maximum absolute atomic E-state index is 12.2. The average Bonchev–Trinajstić information content (AvgIpc) is 3.11. The molecule has 2 fully saturated rings. The number of hydrogen-bond donors (Lipinski definition) is 0. The van der Waals surface area contributed by atoms with Crippen molar-refractivity contribution in [1.82, 2.24) is 14.8 Å². The summed E-state index contributed by atoms with van der Waals surface area (Å²) in [5, 5.41) is 3.24. The first kappa shape index (κ1) is 14.0. The Balaban J connectivity index is 1.48. The quantitative estimate of drug-likeness (QED) is 0.842. The number of aryl methyl sites for hydroxylation is 1. The molecule has 1 amide bonds. The molecule has 3 heterocycles. The van der Waals surface area contributed by atoms with E-state index in [9.17, 15) is 4.79 Å². The number of amides is 1. The Morgan fingerprint density at radius 1 is 1.45 bits per heavy atom. The summed E-state index contributed by atoms with van der Waals surface area (Å²) in [6.45, 7) is 7.13. The molecule has 2 aliphatic rings. The summed E-state index contributed by atoms with van der Waals surface area (Å²) in [6.07, 6.45) is 1.72. The highest BCUT2D eigenvalue weighted by molar-refractivity contribution is 7.09. The number of aromatic nitrogens is 1. The molecule has 0 unspecified atom stereocenters. The predicted molar refractivity (Wildman–Crippen MR) is 77.7 cm³/mol. The van der Waals surface area contributed by atoms with Crippen molar-refractivity contribution in [3.8, 4) is 0 Å². The molecule has 6 heteroatoms. The molecular weight excluding hydrogens is 274 g/mol. The summed E-state index contributed by atoms with van der Waals surface area (Å²) in [4.78, 5) is 21.1. The molecule has 20 heavy (non-hydrogen) atoms. The lowest BCUT2D eigenvalue weighted by atomic mass is 10.2. The van der Waals surface area contributed by atoms with E-state index in [0.29, 0.717) is 0 Å². The molecule has 0 N–H and O–H groups in total. The van der Waals surface area contributed by atoms with Crippen molar-refractivity contribution in [2.75, 3.05) is 32.8 Å². The average molecular weight is 295 g/mol. The second-order valence-electron chi connectivity index (χ2n) is 5.46.